The first-order valence-electron chi connectivity index (χ1n) is 9.47. The van der Waals surface area contributed by atoms with Crippen molar-refractivity contribution in [3.05, 3.63) is 47.8 Å². The number of fused-ring (bicyclic) bond motifs is 1. The van der Waals surface area contributed by atoms with Crippen molar-refractivity contribution in [3.8, 4) is 5.75 Å². The Balaban J connectivity index is 1.41. The van der Waals surface area contributed by atoms with Crippen LogP contribution in [-0.4, -0.2) is 51.5 Å². The van der Waals surface area contributed by atoms with E-state index in [9.17, 15) is 9.90 Å². The molecule has 1 aromatic heterocycles. The molecule has 27 heavy (non-hydrogen) atoms. The van der Waals surface area contributed by atoms with Gasteiger partial charge in [0.15, 0.2) is 0 Å². The fourth-order valence-electron chi connectivity index (χ4n) is 3.91. The Morgan fingerprint density at radius 3 is 2.96 bits per heavy atom. The Morgan fingerprint density at radius 2 is 2.22 bits per heavy atom. The summed E-state index contributed by atoms with van der Waals surface area (Å²) in [7, 11) is 1.87. The highest BCUT2D eigenvalue weighted by Crippen LogP contribution is 2.38. The minimum atomic E-state index is -0.259. The van der Waals surface area contributed by atoms with E-state index in [1.165, 1.54) is 0 Å². The molecule has 144 valence electrons. The summed E-state index contributed by atoms with van der Waals surface area (Å²) >= 11 is 0. The highest BCUT2D eigenvalue weighted by atomic mass is 16.5. The first kappa shape index (κ1) is 18.0. The summed E-state index contributed by atoms with van der Waals surface area (Å²) in [6, 6.07) is 7.86. The van der Waals surface area contributed by atoms with Gasteiger partial charge in [-0.05, 0) is 24.8 Å². The van der Waals surface area contributed by atoms with Crippen LogP contribution in [0.15, 0.2) is 36.7 Å². The monoisotopic (exact) mass is 370 g/mol. The lowest BCUT2D eigenvalue weighted by atomic mass is 9.75. The van der Waals surface area contributed by atoms with Crippen molar-refractivity contribution < 1.29 is 14.6 Å². The zero-order valence-corrected chi connectivity index (χ0v) is 15.5. The number of aliphatic hydroxyl groups excluding tert-OH is 1. The van der Waals surface area contributed by atoms with Crippen LogP contribution in [-0.2, 0) is 18.4 Å². The summed E-state index contributed by atoms with van der Waals surface area (Å²) in [6.07, 6.45) is 4.90. The summed E-state index contributed by atoms with van der Waals surface area (Å²) in [6.45, 7) is 2.31. The summed E-state index contributed by atoms with van der Waals surface area (Å²) in [4.78, 5) is 14.9. The molecule has 1 fully saturated rings. The molecule has 1 amide bonds. The molecule has 1 aliphatic carbocycles. The molecule has 4 rings (SSSR count). The van der Waals surface area contributed by atoms with Crippen molar-refractivity contribution >= 4 is 5.91 Å². The van der Waals surface area contributed by atoms with Gasteiger partial charge in [0.05, 0.1) is 24.9 Å². The Labute approximate surface area is 158 Å². The first-order valence-corrected chi connectivity index (χ1v) is 9.47. The number of carbonyl (C=O) groups is 1. The van der Waals surface area contributed by atoms with Gasteiger partial charge in [0.25, 0.3) is 0 Å². The average Bonchev–Trinajstić information content (AvgIpc) is 2.94. The van der Waals surface area contributed by atoms with Gasteiger partial charge in [0, 0.05) is 37.5 Å². The lowest BCUT2D eigenvalue weighted by molar-refractivity contribution is -0.124. The SMILES string of the molecule is Cn1cc([C@@H](NC(=O)CN2CCOc3ccccc3C2)C2CC(O)C2)cn1. The zero-order chi connectivity index (χ0) is 18.8. The molecule has 2 aromatic rings. The summed E-state index contributed by atoms with van der Waals surface area (Å²) in [5.74, 6) is 1.14. The quantitative estimate of drug-likeness (QED) is 0.828. The predicted octanol–water partition coefficient (Wildman–Crippen LogP) is 1.24. The number of hydrogen-bond donors (Lipinski definition) is 2. The van der Waals surface area contributed by atoms with E-state index in [4.69, 9.17) is 4.74 Å². The maximum Gasteiger partial charge on any atom is 0.234 e. The smallest absolute Gasteiger partial charge is 0.234 e. The van der Waals surface area contributed by atoms with Crippen LogP contribution < -0.4 is 10.1 Å². The van der Waals surface area contributed by atoms with Gasteiger partial charge in [-0.25, -0.2) is 0 Å². The Kier molecular flexibility index (Phi) is 5.13. The third kappa shape index (κ3) is 4.14. The zero-order valence-electron chi connectivity index (χ0n) is 15.5. The average molecular weight is 370 g/mol. The molecule has 7 heteroatoms. The van der Waals surface area contributed by atoms with Crippen LogP contribution in [0.4, 0.5) is 0 Å². The number of aliphatic hydroxyl groups is 1. The second-order valence-corrected chi connectivity index (χ2v) is 7.54. The fourth-order valence-corrected chi connectivity index (χ4v) is 3.91. The van der Waals surface area contributed by atoms with Crippen LogP contribution in [0.25, 0.3) is 0 Å². The standard InChI is InChI=1S/C20H26N4O3/c1-23-11-16(10-21-23)20(15-8-17(25)9-15)22-19(26)13-24-6-7-27-18-5-3-2-4-14(18)12-24/h2-5,10-11,15,17,20,25H,6-9,12-13H2,1H3,(H,22,26)/t15?,17?,20-/m0/s1. The molecule has 0 saturated heterocycles. The third-order valence-corrected chi connectivity index (χ3v) is 5.42. The maximum atomic E-state index is 12.8. The minimum absolute atomic E-state index is 0.00961. The number of ether oxygens (including phenoxy) is 1. The van der Waals surface area contributed by atoms with E-state index in [0.29, 0.717) is 39.1 Å². The lowest BCUT2D eigenvalue weighted by Gasteiger charge is -2.38. The van der Waals surface area contributed by atoms with Gasteiger partial charge in [0.1, 0.15) is 12.4 Å². The minimum Gasteiger partial charge on any atom is -0.492 e. The fraction of sp³-hybridized carbons (Fsp3) is 0.500. The molecular formula is C20H26N4O3. The van der Waals surface area contributed by atoms with Gasteiger partial charge in [-0.2, -0.15) is 5.10 Å². The Hall–Kier alpha value is -2.38. The highest BCUT2D eigenvalue weighted by molar-refractivity contribution is 5.78. The van der Waals surface area contributed by atoms with Gasteiger partial charge in [-0.15, -0.1) is 0 Å². The Morgan fingerprint density at radius 1 is 1.41 bits per heavy atom. The summed E-state index contributed by atoms with van der Waals surface area (Å²) in [5, 5.41) is 17.1. The Bertz CT molecular complexity index is 800. The summed E-state index contributed by atoms with van der Waals surface area (Å²) in [5.41, 5.74) is 2.10. The number of carbonyl (C=O) groups excluding carboxylic acids is 1. The van der Waals surface area contributed by atoms with Crippen LogP contribution in [0, 0.1) is 5.92 Å². The second kappa shape index (κ2) is 7.70. The van der Waals surface area contributed by atoms with Crippen molar-refractivity contribution in [2.45, 2.75) is 31.5 Å². The van der Waals surface area contributed by atoms with Gasteiger partial charge in [0.2, 0.25) is 5.91 Å². The molecule has 2 heterocycles. The molecule has 1 saturated carbocycles. The number of rotatable bonds is 5. The van der Waals surface area contributed by atoms with Crippen LogP contribution in [0.1, 0.15) is 30.0 Å². The normalized spacial score (nSPS) is 23.5. The number of nitrogens with one attached hydrogen (secondary N) is 1. The number of aromatic nitrogens is 2. The molecule has 2 aliphatic rings. The van der Waals surface area contributed by atoms with Crippen molar-refractivity contribution in [2.75, 3.05) is 19.7 Å². The van der Waals surface area contributed by atoms with Gasteiger partial charge < -0.3 is 15.2 Å². The number of benzene rings is 1. The molecule has 1 atom stereocenters. The van der Waals surface area contributed by atoms with Crippen LogP contribution in [0.5, 0.6) is 5.75 Å². The van der Waals surface area contributed by atoms with E-state index in [1.54, 1.807) is 10.9 Å². The molecule has 0 unspecified atom stereocenters. The number of amides is 1. The van der Waals surface area contributed by atoms with Crippen molar-refractivity contribution in [1.82, 2.24) is 20.0 Å². The summed E-state index contributed by atoms with van der Waals surface area (Å²) < 4.78 is 7.52. The number of aryl methyl sites for hydroxylation is 1. The first-order chi connectivity index (χ1) is 13.1. The van der Waals surface area contributed by atoms with Gasteiger partial charge in [-0.3, -0.25) is 14.4 Å². The van der Waals surface area contributed by atoms with Crippen molar-refractivity contribution in [1.29, 1.82) is 0 Å². The van der Waals surface area contributed by atoms with Crippen LogP contribution in [0.3, 0.4) is 0 Å². The largest absolute Gasteiger partial charge is 0.492 e. The van der Waals surface area contributed by atoms with E-state index < -0.39 is 0 Å². The molecule has 1 aromatic carbocycles. The van der Waals surface area contributed by atoms with Crippen molar-refractivity contribution in [2.24, 2.45) is 13.0 Å². The molecule has 0 bridgehead atoms. The highest BCUT2D eigenvalue weighted by Gasteiger charge is 2.36. The maximum absolute atomic E-state index is 12.8. The number of nitrogens with zero attached hydrogens (tertiary/aromatic N) is 3. The molecule has 1 aliphatic heterocycles. The van der Waals surface area contributed by atoms with Gasteiger partial charge >= 0.3 is 0 Å². The molecular weight excluding hydrogens is 344 g/mol. The van der Waals surface area contributed by atoms with Crippen LogP contribution in [0.2, 0.25) is 0 Å². The molecule has 0 radical (unpaired) electrons. The van der Waals surface area contributed by atoms with E-state index >= 15 is 0 Å². The molecule has 7 nitrogen and oxygen atoms in total. The van der Waals surface area contributed by atoms with Crippen molar-refractivity contribution in [3.63, 3.8) is 0 Å². The predicted molar refractivity (Wildman–Crippen MR) is 100 cm³/mol. The molecule has 0 spiro atoms. The third-order valence-electron chi connectivity index (χ3n) is 5.42. The number of hydrogen-bond acceptors (Lipinski definition) is 5. The second-order valence-electron chi connectivity index (χ2n) is 7.54. The van der Waals surface area contributed by atoms with E-state index in [1.807, 2.05) is 37.5 Å². The van der Waals surface area contributed by atoms with Gasteiger partial charge in [-0.1, -0.05) is 18.2 Å². The lowest BCUT2D eigenvalue weighted by Crippen LogP contribution is -2.45. The topological polar surface area (TPSA) is 79.6 Å². The van der Waals surface area contributed by atoms with E-state index in [2.05, 4.69) is 15.3 Å². The molecule has 2 N–H and O–H groups in total. The number of para-hydroxylation sites is 1. The van der Waals surface area contributed by atoms with E-state index in [-0.39, 0.29) is 24.0 Å². The van der Waals surface area contributed by atoms with E-state index in [0.717, 1.165) is 16.9 Å². The van der Waals surface area contributed by atoms with Crippen LogP contribution >= 0.6 is 0 Å².